The molecule has 0 aliphatic heterocycles. The van der Waals surface area contributed by atoms with Crippen LogP contribution in [-0.2, 0) is 13.0 Å². The molecule has 2 heterocycles. The smallest absolute Gasteiger partial charge is 0.184 e. The van der Waals surface area contributed by atoms with Crippen molar-refractivity contribution in [3.8, 4) is 0 Å². The van der Waals surface area contributed by atoms with Gasteiger partial charge in [0.25, 0.3) is 0 Å². The van der Waals surface area contributed by atoms with Gasteiger partial charge in [-0.2, -0.15) is 0 Å². The third kappa shape index (κ3) is 2.71. The van der Waals surface area contributed by atoms with E-state index in [1.807, 2.05) is 0 Å². The van der Waals surface area contributed by atoms with Crippen LogP contribution in [0.1, 0.15) is 18.2 Å². The van der Waals surface area contributed by atoms with E-state index >= 15 is 0 Å². The number of nitrogens with one attached hydrogen (secondary N) is 1. The minimum atomic E-state index is 0.647. The van der Waals surface area contributed by atoms with Gasteiger partial charge in [-0.05, 0) is 24.1 Å². The Labute approximate surface area is 115 Å². The summed E-state index contributed by atoms with van der Waals surface area (Å²) in [5.41, 5.74) is 3.30. The predicted octanol–water partition coefficient (Wildman–Crippen LogP) is 3.26. The minimum Gasteiger partial charge on any atom is -0.356 e. The van der Waals surface area contributed by atoms with Gasteiger partial charge in [0.05, 0.1) is 28.7 Å². The van der Waals surface area contributed by atoms with Crippen molar-refractivity contribution in [1.29, 1.82) is 0 Å². The first-order valence-corrected chi connectivity index (χ1v) is 7.05. The van der Waals surface area contributed by atoms with Crippen LogP contribution in [-0.4, -0.2) is 15.0 Å². The highest BCUT2D eigenvalue weighted by Gasteiger charge is 2.04. The Hall–Kier alpha value is -2.01. The van der Waals surface area contributed by atoms with Gasteiger partial charge in [-0.3, -0.25) is 9.97 Å². The van der Waals surface area contributed by atoms with Gasteiger partial charge in [-0.1, -0.05) is 24.3 Å². The van der Waals surface area contributed by atoms with E-state index in [2.05, 4.69) is 45.4 Å². The van der Waals surface area contributed by atoms with E-state index in [1.54, 1.807) is 29.9 Å². The number of thiazole rings is 1. The first kappa shape index (κ1) is 12.0. The maximum atomic E-state index is 4.56. The number of aryl methyl sites for hydroxylation is 1. The Balaban J connectivity index is 1.78. The Kier molecular flexibility index (Phi) is 3.37. The van der Waals surface area contributed by atoms with Gasteiger partial charge in [0.2, 0.25) is 0 Å². The molecule has 4 nitrogen and oxygen atoms in total. The first-order valence-electron chi connectivity index (χ1n) is 6.23. The zero-order valence-corrected chi connectivity index (χ0v) is 11.4. The largest absolute Gasteiger partial charge is 0.356 e. The second kappa shape index (κ2) is 5.32. The lowest BCUT2D eigenvalue weighted by Gasteiger charge is -1.99. The van der Waals surface area contributed by atoms with Crippen LogP contribution < -0.4 is 5.32 Å². The van der Waals surface area contributed by atoms with Gasteiger partial charge in [-0.25, -0.2) is 4.98 Å². The van der Waals surface area contributed by atoms with Crippen LogP contribution in [0.2, 0.25) is 0 Å². The lowest BCUT2D eigenvalue weighted by Crippen LogP contribution is -2.01. The van der Waals surface area contributed by atoms with Crippen molar-refractivity contribution in [2.45, 2.75) is 19.9 Å². The Morgan fingerprint density at radius 2 is 2.21 bits per heavy atom. The molecule has 0 saturated heterocycles. The van der Waals surface area contributed by atoms with Crippen LogP contribution in [0.4, 0.5) is 5.13 Å². The Morgan fingerprint density at radius 1 is 1.26 bits per heavy atom. The molecule has 2 aromatic heterocycles. The summed E-state index contributed by atoms with van der Waals surface area (Å²) in [6.45, 7) is 2.81. The molecule has 0 saturated carbocycles. The highest BCUT2D eigenvalue weighted by atomic mass is 32.1. The van der Waals surface area contributed by atoms with Gasteiger partial charge in [-0.15, -0.1) is 0 Å². The molecular formula is C14H14N4S. The molecule has 96 valence electrons. The summed E-state index contributed by atoms with van der Waals surface area (Å²) in [5.74, 6) is 0. The van der Waals surface area contributed by atoms with Gasteiger partial charge in [0.15, 0.2) is 5.13 Å². The fraction of sp³-hybridized carbons (Fsp3) is 0.214. The molecule has 0 aliphatic carbocycles. The number of hydrogen-bond acceptors (Lipinski definition) is 5. The van der Waals surface area contributed by atoms with Crippen molar-refractivity contribution < 1.29 is 0 Å². The van der Waals surface area contributed by atoms with Crippen molar-refractivity contribution in [2.24, 2.45) is 0 Å². The van der Waals surface area contributed by atoms with Crippen molar-refractivity contribution in [1.82, 2.24) is 15.0 Å². The Bertz CT molecular complexity index is 678. The molecule has 1 N–H and O–H groups in total. The van der Waals surface area contributed by atoms with Crippen molar-refractivity contribution in [2.75, 3.05) is 5.32 Å². The SMILES string of the molecule is CCc1ccc2nc(NCc3cnccn3)sc2c1. The van der Waals surface area contributed by atoms with E-state index in [0.717, 1.165) is 22.8 Å². The third-order valence-corrected chi connectivity index (χ3v) is 3.87. The lowest BCUT2D eigenvalue weighted by molar-refractivity contribution is 1.01. The summed E-state index contributed by atoms with van der Waals surface area (Å²) in [4.78, 5) is 12.8. The molecule has 0 atom stereocenters. The summed E-state index contributed by atoms with van der Waals surface area (Å²) < 4.78 is 1.22. The topological polar surface area (TPSA) is 50.7 Å². The fourth-order valence-electron chi connectivity index (χ4n) is 1.85. The monoisotopic (exact) mass is 270 g/mol. The van der Waals surface area contributed by atoms with E-state index in [1.165, 1.54) is 10.3 Å². The average molecular weight is 270 g/mol. The minimum absolute atomic E-state index is 0.647. The summed E-state index contributed by atoms with van der Waals surface area (Å²) in [5, 5.41) is 4.22. The molecule has 0 bridgehead atoms. The van der Waals surface area contributed by atoms with Crippen LogP contribution in [0, 0.1) is 0 Å². The summed E-state index contributed by atoms with van der Waals surface area (Å²) in [7, 11) is 0. The molecule has 3 rings (SSSR count). The van der Waals surface area contributed by atoms with Crippen LogP contribution in [0.15, 0.2) is 36.8 Å². The number of benzene rings is 1. The second-order valence-electron chi connectivity index (χ2n) is 4.22. The number of hydrogen-bond donors (Lipinski definition) is 1. The number of anilines is 1. The molecule has 0 aliphatic rings. The van der Waals surface area contributed by atoms with Gasteiger partial charge < -0.3 is 5.32 Å². The van der Waals surface area contributed by atoms with Gasteiger partial charge in [0, 0.05) is 12.4 Å². The first-order chi connectivity index (χ1) is 9.35. The van der Waals surface area contributed by atoms with Gasteiger partial charge >= 0.3 is 0 Å². The molecule has 0 amide bonds. The number of rotatable bonds is 4. The molecule has 19 heavy (non-hydrogen) atoms. The van der Waals surface area contributed by atoms with Gasteiger partial charge in [0.1, 0.15) is 0 Å². The number of nitrogens with zero attached hydrogens (tertiary/aromatic N) is 3. The predicted molar refractivity (Wildman–Crippen MR) is 78.4 cm³/mol. The summed E-state index contributed by atoms with van der Waals surface area (Å²) >= 11 is 1.68. The van der Waals surface area contributed by atoms with Crippen LogP contribution >= 0.6 is 11.3 Å². The lowest BCUT2D eigenvalue weighted by atomic mass is 10.2. The van der Waals surface area contributed by atoms with Crippen molar-refractivity contribution in [3.05, 3.63) is 48.0 Å². The molecule has 0 fully saturated rings. The molecule has 5 heteroatoms. The second-order valence-corrected chi connectivity index (χ2v) is 5.26. The molecule has 0 unspecified atom stereocenters. The third-order valence-electron chi connectivity index (χ3n) is 2.90. The zero-order chi connectivity index (χ0) is 13.1. The Morgan fingerprint density at radius 3 is 3.00 bits per heavy atom. The molecular weight excluding hydrogens is 256 g/mol. The van der Waals surface area contributed by atoms with E-state index in [9.17, 15) is 0 Å². The standard InChI is InChI=1S/C14H14N4S/c1-2-10-3-4-12-13(7-10)19-14(18-12)17-9-11-8-15-5-6-16-11/h3-8H,2,9H2,1H3,(H,17,18). The van der Waals surface area contributed by atoms with E-state index in [0.29, 0.717) is 6.54 Å². The van der Waals surface area contributed by atoms with Crippen molar-refractivity contribution >= 4 is 26.7 Å². The van der Waals surface area contributed by atoms with Crippen LogP contribution in [0.3, 0.4) is 0 Å². The molecule has 0 radical (unpaired) electrons. The molecule has 0 spiro atoms. The van der Waals surface area contributed by atoms with E-state index in [-0.39, 0.29) is 0 Å². The number of fused-ring (bicyclic) bond motifs is 1. The maximum absolute atomic E-state index is 4.56. The van der Waals surface area contributed by atoms with E-state index in [4.69, 9.17) is 0 Å². The average Bonchev–Trinajstić information content (AvgIpc) is 2.88. The fourth-order valence-corrected chi connectivity index (χ4v) is 2.78. The van der Waals surface area contributed by atoms with Crippen LogP contribution in [0.25, 0.3) is 10.2 Å². The normalized spacial score (nSPS) is 10.8. The van der Waals surface area contributed by atoms with Crippen LogP contribution in [0.5, 0.6) is 0 Å². The maximum Gasteiger partial charge on any atom is 0.184 e. The zero-order valence-electron chi connectivity index (χ0n) is 10.6. The summed E-state index contributed by atoms with van der Waals surface area (Å²) in [6.07, 6.45) is 6.18. The summed E-state index contributed by atoms with van der Waals surface area (Å²) in [6, 6.07) is 6.42. The molecule has 1 aromatic carbocycles. The molecule has 3 aromatic rings. The highest BCUT2D eigenvalue weighted by molar-refractivity contribution is 7.22. The van der Waals surface area contributed by atoms with E-state index < -0.39 is 0 Å². The number of aromatic nitrogens is 3. The highest BCUT2D eigenvalue weighted by Crippen LogP contribution is 2.27. The van der Waals surface area contributed by atoms with Crippen molar-refractivity contribution in [3.63, 3.8) is 0 Å². The quantitative estimate of drug-likeness (QED) is 0.790.